The molecular weight excluding hydrogens is 376 g/mol. The molecule has 0 bridgehead atoms. The highest BCUT2D eigenvalue weighted by molar-refractivity contribution is 7.17. The molecule has 0 atom stereocenters. The lowest BCUT2D eigenvalue weighted by Gasteiger charge is -2.31. The van der Waals surface area contributed by atoms with Gasteiger partial charge in [0.2, 0.25) is 0 Å². The third-order valence-corrected chi connectivity index (χ3v) is 6.91. The van der Waals surface area contributed by atoms with Gasteiger partial charge < -0.3 is 9.84 Å². The van der Waals surface area contributed by atoms with Gasteiger partial charge in [0.15, 0.2) is 0 Å². The highest BCUT2D eigenvalue weighted by Crippen LogP contribution is 2.38. The van der Waals surface area contributed by atoms with Crippen LogP contribution in [0.2, 0.25) is 0 Å². The van der Waals surface area contributed by atoms with E-state index in [1.807, 2.05) is 12.1 Å². The lowest BCUT2D eigenvalue weighted by molar-refractivity contribution is 0.0746. The normalized spacial score (nSPS) is 18.6. The number of ether oxygens (including phenoxy) is 1. The van der Waals surface area contributed by atoms with Gasteiger partial charge in [-0.05, 0) is 77.6 Å². The number of aryl methyl sites for hydroxylation is 1. The maximum atomic E-state index is 9.49. The molecule has 146 valence electrons. The molecule has 4 aromatic rings. The fourth-order valence-electron chi connectivity index (χ4n) is 4.11. The maximum Gasteiger partial charge on any atom is 0.119 e. The van der Waals surface area contributed by atoms with Crippen molar-refractivity contribution >= 4 is 21.4 Å². The van der Waals surface area contributed by atoms with E-state index >= 15 is 0 Å². The first-order chi connectivity index (χ1) is 14.2. The molecule has 1 saturated carbocycles. The predicted octanol–water partition coefficient (Wildman–Crippen LogP) is 6.69. The number of hydrogen-bond donors (Lipinski definition) is 1. The molecule has 1 aromatic heterocycles. The SMILES string of the molecule is Cc1ccccc1-c1csc2ccc(COc3ccc([C@H]4C[C@H](O)C4)cc3)cc12. The van der Waals surface area contributed by atoms with Crippen LogP contribution < -0.4 is 4.74 Å². The number of rotatable bonds is 5. The van der Waals surface area contributed by atoms with E-state index in [2.05, 4.69) is 66.9 Å². The summed E-state index contributed by atoms with van der Waals surface area (Å²) in [5.74, 6) is 1.39. The van der Waals surface area contributed by atoms with Gasteiger partial charge >= 0.3 is 0 Å². The van der Waals surface area contributed by atoms with Gasteiger partial charge in [-0.15, -0.1) is 11.3 Å². The van der Waals surface area contributed by atoms with Crippen LogP contribution in [0.3, 0.4) is 0 Å². The van der Waals surface area contributed by atoms with E-state index in [1.165, 1.54) is 37.9 Å². The predicted molar refractivity (Wildman–Crippen MR) is 121 cm³/mol. The quantitative estimate of drug-likeness (QED) is 0.404. The summed E-state index contributed by atoms with van der Waals surface area (Å²) in [5.41, 5.74) is 6.38. The molecule has 2 nitrogen and oxygen atoms in total. The molecule has 0 saturated heterocycles. The van der Waals surface area contributed by atoms with Gasteiger partial charge in [0.25, 0.3) is 0 Å². The summed E-state index contributed by atoms with van der Waals surface area (Å²) in [5, 5.41) is 13.0. The van der Waals surface area contributed by atoms with Crippen molar-refractivity contribution in [3.8, 4) is 16.9 Å². The molecule has 3 aromatic carbocycles. The molecule has 3 heteroatoms. The van der Waals surface area contributed by atoms with Gasteiger partial charge in [0.05, 0.1) is 6.10 Å². The minimum Gasteiger partial charge on any atom is -0.489 e. The molecule has 1 heterocycles. The third-order valence-electron chi connectivity index (χ3n) is 5.94. The van der Waals surface area contributed by atoms with Crippen LogP contribution in [0.4, 0.5) is 0 Å². The van der Waals surface area contributed by atoms with E-state index < -0.39 is 0 Å². The second-order valence-electron chi connectivity index (χ2n) is 7.97. The Kier molecular flexibility index (Phi) is 4.86. The van der Waals surface area contributed by atoms with Crippen molar-refractivity contribution < 1.29 is 9.84 Å². The number of aliphatic hydroxyl groups is 1. The Morgan fingerprint density at radius 1 is 0.966 bits per heavy atom. The van der Waals surface area contributed by atoms with Crippen molar-refractivity contribution in [2.45, 2.75) is 38.4 Å². The molecule has 1 aliphatic carbocycles. The van der Waals surface area contributed by atoms with Crippen molar-refractivity contribution in [1.82, 2.24) is 0 Å². The smallest absolute Gasteiger partial charge is 0.119 e. The molecule has 0 radical (unpaired) electrons. The number of benzene rings is 3. The van der Waals surface area contributed by atoms with E-state index in [-0.39, 0.29) is 6.10 Å². The van der Waals surface area contributed by atoms with Gasteiger partial charge in [-0.1, -0.05) is 42.5 Å². The van der Waals surface area contributed by atoms with Crippen LogP contribution in [0.25, 0.3) is 21.2 Å². The zero-order valence-electron chi connectivity index (χ0n) is 16.5. The van der Waals surface area contributed by atoms with E-state index in [9.17, 15) is 5.11 Å². The van der Waals surface area contributed by atoms with E-state index in [0.29, 0.717) is 12.5 Å². The summed E-state index contributed by atoms with van der Waals surface area (Å²) in [6.45, 7) is 2.72. The summed E-state index contributed by atoms with van der Waals surface area (Å²) in [7, 11) is 0. The first kappa shape index (κ1) is 18.4. The Morgan fingerprint density at radius 3 is 2.52 bits per heavy atom. The molecule has 1 fully saturated rings. The monoisotopic (exact) mass is 400 g/mol. The zero-order valence-corrected chi connectivity index (χ0v) is 17.3. The van der Waals surface area contributed by atoms with Gasteiger partial charge in [0, 0.05) is 15.6 Å². The van der Waals surface area contributed by atoms with E-state index in [4.69, 9.17) is 4.74 Å². The second kappa shape index (κ2) is 7.66. The van der Waals surface area contributed by atoms with Crippen molar-refractivity contribution in [2.24, 2.45) is 0 Å². The van der Waals surface area contributed by atoms with E-state index in [1.54, 1.807) is 11.3 Å². The number of hydrogen-bond acceptors (Lipinski definition) is 3. The first-order valence-electron chi connectivity index (χ1n) is 10.1. The Balaban J connectivity index is 1.33. The molecule has 5 rings (SSSR count). The van der Waals surface area contributed by atoms with Crippen molar-refractivity contribution in [3.63, 3.8) is 0 Å². The Hall–Kier alpha value is -2.62. The average Bonchev–Trinajstić information content (AvgIpc) is 3.14. The zero-order chi connectivity index (χ0) is 19.8. The van der Waals surface area contributed by atoms with E-state index in [0.717, 1.165) is 18.6 Å². The minimum absolute atomic E-state index is 0.118. The summed E-state index contributed by atoms with van der Waals surface area (Å²) >= 11 is 1.79. The maximum absolute atomic E-state index is 9.49. The molecule has 0 unspecified atom stereocenters. The third kappa shape index (κ3) is 3.68. The molecule has 1 N–H and O–H groups in total. The van der Waals surface area contributed by atoms with Gasteiger partial charge in [-0.3, -0.25) is 0 Å². The number of fused-ring (bicyclic) bond motifs is 1. The lowest BCUT2D eigenvalue weighted by atomic mass is 9.78. The minimum atomic E-state index is -0.118. The van der Waals surface area contributed by atoms with Crippen molar-refractivity contribution in [3.05, 3.63) is 88.8 Å². The molecule has 1 aliphatic rings. The van der Waals surface area contributed by atoms with Crippen LogP contribution in [-0.4, -0.2) is 11.2 Å². The van der Waals surface area contributed by atoms with Crippen LogP contribution in [0.5, 0.6) is 5.75 Å². The summed E-state index contributed by atoms with van der Waals surface area (Å²) in [4.78, 5) is 0. The van der Waals surface area contributed by atoms with Gasteiger partial charge in [0.1, 0.15) is 12.4 Å². The Bertz CT molecular complexity index is 1140. The summed E-state index contributed by atoms with van der Waals surface area (Å²) in [6.07, 6.45) is 1.64. The Labute approximate surface area is 175 Å². The standard InChI is InChI=1S/C26H24O2S/c1-17-4-2-3-5-23(17)25-16-29-26-11-6-18(12-24(25)26)15-28-22-9-7-19(8-10-22)20-13-21(27)14-20/h2-12,16,20-21,27H,13-15H2,1H3/t20-,21-. The topological polar surface area (TPSA) is 29.5 Å². The highest BCUT2D eigenvalue weighted by atomic mass is 32.1. The number of aliphatic hydroxyl groups excluding tert-OH is 1. The van der Waals surface area contributed by atoms with Crippen molar-refractivity contribution in [1.29, 1.82) is 0 Å². The van der Waals surface area contributed by atoms with Gasteiger partial charge in [-0.2, -0.15) is 0 Å². The Morgan fingerprint density at radius 2 is 1.76 bits per heavy atom. The fourth-order valence-corrected chi connectivity index (χ4v) is 5.05. The van der Waals surface area contributed by atoms with Crippen LogP contribution in [0.1, 0.15) is 35.4 Å². The lowest BCUT2D eigenvalue weighted by Crippen LogP contribution is -2.26. The van der Waals surface area contributed by atoms with Crippen LogP contribution in [0.15, 0.2) is 72.1 Å². The molecule has 0 spiro atoms. The first-order valence-corrected chi connectivity index (χ1v) is 11.0. The average molecular weight is 401 g/mol. The fraction of sp³-hybridized carbons (Fsp3) is 0.231. The molecular formula is C26H24O2S. The van der Waals surface area contributed by atoms with Crippen molar-refractivity contribution in [2.75, 3.05) is 0 Å². The molecule has 29 heavy (non-hydrogen) atoms. The largest absolute Gasteiger partial charge is 0.489 e. The van der Waals surface area contributed by atoms with Crippen LogP contribution in [0, 0.1) is 6.92 Å². The molecule has 0 amide bonds. The van der Waals surface area contributed by atoms with Gasteiger partial charge in [-0.25, -0.2) is 0 Å². The molecule has 0 aliphatic heterocycles. The number of thiophene rings is 1. The van der Waals surface area contributed by atoms with Crippen LogP contribution >= 0.6 is 11.3 Å². The summed E-state index contributed by atoms with van der Waals surface area (Å²) < 4.78 is 7.35. The van der Waals surface area contributed by atoms with Crippen LogP contribution in [-0.2, 0) is 6.61 Å². The second-order valence-corrected chi connectivity index (χ2v) is 8.89. The highest BCUT2D eigenvalue weighted by Gasteiger charge is 2.28. The summed E-state index contributed by atoms with van der Waals surface area (Å²) in [6, 6.07) is 23.5.